The molecule has 0 atom stereocenters. The van der Waals surface area contributed by atoms with Crippen molar-refractivity contribution in [2.75, 3.05) is 0 Å². The predicted molar refractivity (Wildman–Crippen MR) is 118 cm³/mol. The minimum absolute atomic E-state index is 0.0476. The molecule has 0 aliphatic heterocycles. The van der Waals surface area contributed by atoms with E-state index in [1.165, 1.54) is 47.7 Å². The summed E-state index contributed by atoms with van der Waals surface area (Å²) < 4.78 is 26.4. The molecule has 0 aliphatic carbocycles. The Morgan fingerprint density at radius 3 is 2.61 bits per heavy atom. The van der Waals surface area contributed by atoms with Crippen LogP contribution >= 0.6 is 22.9 Å². The second-order valence-corrected chi connectivity index (χ2v) is 9.71. The number of fused-ring (bicyclic) bond motifs is 1. The second-order valence-electron chi connectivity index (χ2n) is 6.43. The van der Waals surface area contributed by atoms with Gasteiger partial charge in [0.25, 0.3) is 0 Å². The fraction of sp³-hybridized carbons (Fsp3) is 0.0476. The number of carbonyl (C=O) groups is 1. The van der Waals surface area contributed by atoms with E-state index in [0.29, 0.717) is 5.02 Å². The third-order valence-electron chi connectivity index (χ3n) is 4.37. The Morgan fingerprint density at radius 2 is 1.84 bits per heavy atom. The Bertz CT molecular complexity index is 1440. The van der Waals surface area contributed by atoms with Crippen molar-refractivity contribution in [3.8, 4) is 0 Å². The lowest BCUT2D eigenvalue weighted by Crippen LogP contribution is -2.03. The quantitative estimate of drug-likeness (QED) is 0.299. The molecule has 0 radical (unpaired) electrons. The minimum Gasteiger partial charge on any atom is -0.259 e. The highest BCUT2D eigenvalue weighted by Gasteiger charge is 2.19. The lowest BCUT2D eigenvalue weighted by molar-refractivity contribution is 0.0992. The molecule has 31 heavy (non-hydrogen) atoms. The fourth-order valence-corrected chi connectivity index (χ4v) is 5.09. The van der Waals surface area contributed by atoms with E-state index in [4.69, 9.17) is 11.6 Å². The maximum atomic E-state index is 12.7. The largest absolute Gasteiger partial charge is 0.360 e. The van der Waals surface area contributed by atoms with Crippen molar-refractivity contribution >= 4 is 48.9 Å². The summed E-state index contributed by atoms with van der Waals surface area (Å²) in [5.74, 6) is -0.617. The summed E-state index contributed by atoms with van der Waals surface area (Å²) in [5.41, 5.74) is 3.83. The standard InChI is InChI=1S/C21H14ClN4O3S2/c22-16-2-1-3-18(11-16)31(28,29)17-7-5-15(6-8-17)21(27)25-26-24-12-14-4-9-19-20(10-14)30-13-23-19/h1-11,13H,12H2/q+1. The Hall–Kier alpha value is -3.23. The number of aromatic nitrogens is 1. The number of hydrogen-bond acceptors (Lipinski definition) is 6. The van der Waals surface area contributed by atoms with Crippen LogP contribution in [0.25, 0.3) is 10.2 Å². The van der Waals surface area contributed by atoms with E-state index >= 15 is 0 Å². The first kappa shape index (κ1) is 21.0. The number of sulfone groups is 1. The molecule has 1 amide bonds. The zero-order chi connectivity index (χ0) is 21.8. The predicted octanol–water partition coefficient (Wildman–Crippen LogP) is 5.09. The molecule has 0 N–H and O–H groups in total. The van der Waals surface area contributed by atoms with Gasteiger partial charge in [-0.1, -0.05) is 23.7 Å². The number of hydrogen-bond donors (Lipinski definition) is 0. The monoisotopic (exact) mass is 469 g/mol. The first-order valence-electron chi connectivity index (χ1n) is 8.98. The van der Waals surface area contributed by atoms with Crippen LogP contribution in [-0.2, 0) is 16.4 Å². The normalized spacial score (nSPS) is 11.1. The molecule has 4 rings (SSSR count). The second kappa shape index (κ2) is 8.87. The Labute approximate surface area is 186 Å². The van der Waals surface area contributed by atoms with Crippen molar-refractivity contribution in [2.24, 2.45) is 10.2 Å². The molecular weight excluding hydrogens is 456 g/mol. The van der Waals surface area contributed by atoms with E-state index in [9.17, 15) is 13.2 Å². The van der Waals surface area contributed by atoms with Gasteiger partial charge in [-0.25, -0.2) is 13.4 Å². The lowest BCUT2D eigenvalue weighted by atomic mass is 10.2. The summed E-state index contributed by atoms with van der Waals surface area (Å²) in [7, 11) is -3.74. The van der Waals surface area contributed by atoms with Crippen LogP contribution in [0.1, 0.15) is 15.9 Å². The Kier molecular flexibility index (Phi) is 6.01. The van der Waals surface area contributed by atoms with Gasteiger partial charge in [-0.2, -0.15) is 0 Å². The summed E-state index contributed by atoms with van der Waals surface area (Å²) in [6, 6.07) is 17.2. The Balaban J connectivity index is 1.45. The van der Waals surface area contributed by atoms with Gasteiger partial charge in [0, 0.05) is 10.6 Å². The number of amides is 1. The molecule has 1 heterocycles. The molecule has 7 nitrogen and oxygen atoms in total. The van der Waals surface area contributed by atoms with Gasteiger partial charge in [0.15, 0.2) is 0 Å². The van der Waals surface area contributed by atoms with Gasteiger partial charge in [0.05, 0.1) is 25.5 Å². The molecule has 0 spiro atoms. The average Bonchev–Trinajstić information content (AvgIpc) is 3.24. The SMILES string of the molecule is O=C(N=[N+]=NCc1ccc2ncsc2c1)c1ccc(S(=O)(=O)c2cccc(Cl)c2)cc1. The van der Waals surface area contributed by atoms with Crippen molar-refractivity contribution in [3.05, 3.63) is 88.4 Å². The van der Waals surface area contributed by atoms with Gasteiger partial charge in [0.1, 0.15) is 11.7 Å². The first-order valence-corrected chi connectivity index (χ1v) is 11.7. The zero-order valence-corrected chi connectivity index (χ0v) is 18.2. The topological polar surface area (TPSA) is 103 Å². The van der Waals surface area contributed by atoms with E-state index in [1.54, 1.807) is 17.6 Å². The summed E-state index contributed by atoms with van der Waals surface area (Å²) >= 11 is 7.42. The number of halogens is 1. The van der Waals surface area contributed by atoms with Crippen molar-refractivity contribution in [2.45, 2.75) is 16.3 Å². The van der Waals surface area contributed by atoms with Crippen LogP contribution in [0.2, 0.25) is 5.02 Å². The lowest BCUT2D eigenvalue weighted by Gasteiger charge is -2.05. The van der Waals surface area contributed by atoms with Crippen LogP contribution in [0.4, 0.5) is 0 Å². The van der Waals surface area contributed by atoms with Gasteiger partial charge in [-0.05, 0) is 60.2 Å². The molecular formula is C21H14ClN4O3S2+. The first-order chi connectivity index (χ1) is 14.9. The summed E-state index contributed by atoms with van der Waals surface area (Å²) in [5, 5.41) is 7.81. The maximum absolute atomic E-state index is 12.7. The number of thiazole rings is 1. The minimum atomic E-state index is -3.74. The molecule has 10 heteroatoms. The number of rotatable bonds is 5. The number of nitrogens with zero attached hydrogens (tertiary/aromatic N) is 4. The molecule has 0 fully saturated rings. The van der Waals surface area contributed by atoms with Gasteiger partial charge in [-0.15, -0.1) is 11.3 Å². The highest BCUT2D eigenvalue weighted by Crippen LogP contribution is 2.24. The van der Waals surface area contributed by atoms with Gasteiger partial charge < -0.3 is 0 Å². The van der Waals surface area contributed by atoms with Crippen LogP contribution in [0.5, 0.6) is 0 Å². The van der Waals surface area contributed by atoms with Crippen molar-refractivity contribution in [1.82, 2.24) is 9.90 Å². The van der Waals surface area contributed by atoms with E-state index in [-0.39, 0.29) is 21.9 Å². The molecule has 4 aromatic rings. The van der Waals surface area contributed by atoms with Crippen LogP contribution in [-0.4, -0.2) is 19.3 Å². The van der Waals surface area contributed by atoms with Crippen LogP contribution in [0.15, 0.2) is 92.3 Å². The van der Waals surface area contributed by atoms with Gasteiger partial charge >= 0.3 is 5.91 Å². The third-order valence-corrected chi connectivity index (χ3v) is 7.16. The van der Waals surface area contributed by atoms with Gasteiger partial charge in [0.2, 0.25) is 19.9 Å². The van der Waals surface area contributed by atoms with E-state index in [0.717, 1.165) is 15.8 Å². The highest BCUT2D eigenvalue weighted by molar-refractivity contribution is 7.91. The van der Waals surface area contributed by atoms with Crippen LogP contribution in [0.3, 0.4) is 0 Å². The van der Waals surface area contributed by atoms with Crippen molar-refractivity contribution in [1.29, 1.82) is 0 Å². The fourth-order valence-electron chi connectivity index (χ4n) is 2.79. The molecule has 0 unspecified atom stereocenters. The maximum Gasteiger partial charge on any atom is 0.360 e. The average molecular weight is 470 g/mol. The Morgan fingerprint density at radius 1 is 1.03 bits per heavy atom. The van der Waals surface area contributed by atoms with Crippen molar-refractivity contribution in [3.63, 3.8) is 0 Å². The summed E-state index contributed by atoms with van der Waals surface area (Å²) in [6.45, 7) is 0.279. The summed E-state index contributed by atoms with van der Waals surface area (Å²) in [4.78, 5) is 20.1. The molecule has 154 valence electrons. The van der Waals surface area contributed by atoms with Crippen LogP contribution < -0.4 is 4.91 Å². The highest BCUT2D eigenvalue weighted by atomic mass is 35.5. The molecule has 1 aromatic heterocycles. The number of carbonyl (C=O) groups excluding carboxylic acids is 1. The number of benzene rings is 3. The molecule has 3 aromatic carbocycles. The van der Waals surface area contributed by atoms with Crippen molar-refractivity contribution < 1.29 is 13.2 Å². The molecule has 0 bridgehead atoms. The molecule has 0 saturated heterocycles. The van der Waals surface area contributed by atoms with E-state index in [1.807, 2.05) is 18.2 Å². The molecule has 0 aliphatic rings. The third kappa shape index (κ3) is 4.76. The zero-order valence-electron chi connectivity index (χ0n) is 15.8. The van der Waals surface area contributed by atoms with E-state index < -0.39 is 15.7 Å². The van der Waals surface area contributed by atoms with E-state index in [2.05, 4.69) is 20.1 Å². The van der Waals surface area contributed by atoms with Crippen LogP contribution in [0, 0.1) is 0 Å². The summed E-state index contributed by atoms with van der Waals surface area (Å²) in [6.07, 6.45) is 0. The molecule has 0 saturated carbocycles. The van der Waals surface area contributed by atoms with Gasteiger partial charge in [-0.3, -0.25) is 4.79 Å². The smallest absolute Gasteiger partial charge is 0.259 e.